The predicted molar refractivity (Wildman–Crippen MR) is 127 cm³/mol. The van der Waals surface area contributed by atoms with E-state index in [0.29, 0.717) is 59.7 Å². The molecule has 3 N–H and O–H groups in total. The summed E-state index contributed by atoms with van der Waals surface area (Å²) in [6.07, 6.45) is 5.76. The van der Waals surface area contributed by atoms with Gasteiger partial charge in [0.05, 0.1) is 23.0 Å². The molecule has 0 aliphatic carbocycles. The Hall–Kier alpha value is -3.31. The maximum atomic E-state index is 14.4. The smallest absolute Gasteiger partial charge is 0.387 e. The number of piperidine rings is 1. The first-order valence-electron chi connectivity index (χ1n) is 11.3. The molecule has 0 radical (unpaired) electrons. The van der Waals surface area contributed by atoms with Crippen molar-refractivity contribution in [2.24, 2.45) is 0 Å². The molecular formula is C24H22ClF4N5O2. The molecule has 0 saturated carbocycles. The van der Waals surface area contributed by atoms with Gasteiger partial charge >= 0.3 is 6.61 Å². The zero-order valence-corrected chi connectivity index (χ0v) is 19.6. The predicted octanol–water partition coefficient (Wildman–Crippen LogP) is 5.41. The highest BCUT2D eigenvalue weighted by molar-refractivity contribution is 6.31. The average molecular weight is 524 g/mol. The highest BCUT2D eigenvalue weighted by Gasteiger charge is 2.28. The maximum absolute atomic E-state index is 14.4. The number of halogens is 5. The standard InChI is InChI=1S/C24H22ClF4N5O2/c25-21-17(27)1-2-19(36-23(28)29)20(21)15(8-26)16-10-31-22-14(16)7-12(9-30-22)18-11-32-24(33-18)34-5-3-13(35)4-6-34/h1-2,7,9-11,13,15,23,35H,3-6,8H2,(H,30,31)(H,32,33)/t15-/m1/s1. The highest BCUT2D eigenvalue weighted by Crippen LogP contribution is 2.42. The van der Waals surface area contributed by atoms with Gasteiger partial charge in [0, 0.05) is 47.9 Å². The summed E-state index contributed by atoms with van der Waals surface area (Å²) in [5.74, 6) is -1.80. The van der Waals surface area contributed by atoms with Gasteiger partial charge in [0.2, 0.25) is 5.95 Å². The Morgan fingerprint density at radius 1 is 1.19 bits per heavy atom. The van der Waals surface area contributed by atoms with Gasteiger partial charge in [-0.3, -0.25) is 4.39 Å². The van der Waals surface area contributed by atoms with Crippen LogP contribution in [0.1, 0.15) is 29.9 Å². The molecule has 3 aromatic heterocycles. The monoisotopic (exact) mass is 523 g/mol. The summed E-state index contributed by atoms with van der Waals surface area (Å²) < 4.78 is 59.2. The number of ether oxygens (including phenoxy) is 1. The number of fused-ring (bicyclic) bond motifs is 1. The number of nitrogens with one attached hydrogen (secondary N) is 2. The largest absolute Gasteiger partial charge is 0.434 e. The number of alkyl halides is 3. The molecule has 0 unspecified atom stereocenters. The molecule has 1 saturated heterocycles. The summed E-state index contributed by atoms with van der Waals surface area (Å²) in [6.45, 7) is -2.90. The van der Waals surface area contributed by atoms with E-state index in [1.54, 1.807) is 18.5 Å². The Morgan fingerprint density at radius 3 is 2.69 bits per heavy atom. The van der Waals surface area contributed by atoms with E-state index in [4.69, 9.17) is 11.6 Å². The number of hydrogen-bond donors (Lipinski definition) is 3. The second-order valence-electron chi connectivity index (χ2n) is 8.56. The fourth-order valence-corrected chi connectivity index (χ4v) is 4.83. The molecule has 36 heavy (non-hydrogen) atoms. The first-order chi connectivity index (χ1) is 17.4. The van der Waals surface area contributed by atoms with Gasteiger partial charge in [-0.2, -0.15) is 8.78 Å². The zero-order chi connectivity index (χ0) is 25.4. The number of nitrogens with zero attached hydrogens (tertiary/aromatic N) is 3. The number of hydrogen-bond acceptors (Lipinski definition) is 5. The van der Waals surface area contributed by atoms with Crippen molar-refractivity contribution >= 4 is 28.6 Å². The minimum absolute atomic E-state index is 0.207. The van der Waals surface area contributed by atoms with E-state index in [1.807, 2.05) is 4.90 Å². The molecule has 4 aromatic rings. The van der Waals surface area contributed by atoms with Crippen LogP contribution in [0.5, 0.6) is 5.75 Å². The number of imidazole rings is 1. The van der Waals surface area contributed by atoms with E-state index in [0.717, 1.165) is 12.1 Å². The van der Waals surface area contributed by atoms with E-state index < -0.39 is 35.8 Å². The Balaban J connectivity index is 1.53. The third kappa shape index (κ3) is 4.60. The molecule has 1 atom stereocenters. The second-order valence-corrected chi connectivity index (χ2v) is 8.94. The summed E-state index contributed by atoms with van der Waals surface area (Å²) in [4.78, 5) is 17.1. The van der Waals surface area contributed by atoms with Crippen molar-refractivity contribution in [1.82, 2.24) is 19.9 Å². The molecule has 0 bridgehead atoms. The van der Waals surface area contributed by atoms with Crippen LogP contribution in [-0.2, 0) is 0 Å². The van der Waals surface area contributed by atoms with Crippen molar-refractivity contribution < 1.29 is 27.4 Å². The summed E-state index contributed by atoms with van der Waals surface area (Å²) >= 11 is 6.11. The fraction of sp³-hybridized carbons (Fsp3) is 0.333. The number of aliphatic hydroxyl groups excluding tert-OH is 1. The van der Waals surface area contributed by atoms with Gasteiger partial charge in [0.15, 0.2) is 0 Å². The Bertz CT molecular complexity index is 1370. The van der Waals surface area contributed by atoms with Crippen molar-refractivity contribution in [1.29, 1.82) is 0 Å². The lowest BCUT2D eigenvalue weighted by Crippen LogP contribution is -2.36. The highest BCUT2D eigenvalue weighted by atomic mass is 35.5. The number of rotatable bonds is 7. The molecule has 0 spiro atoms. The molecule has 7 nitrogen and oxygen atoms in total. The van der Waals surface area contributed by atoms with Crippen molar-refractivity contribution in [3.05, 3.63) is 58.8 Å². The van der Waals surface area contributed by atoms with Gasteiger partial charge in [0.1, 0.15) is 23.9 Å². The fourth-order valence-electron chi connectivity index (χ4n) is 4.54. The summed E-state index contributed by atoms with van der Waals surface area (Å²) in [5.41, 5.74) is 1.91. The quantitative estimate of drug-likeness (QED) is 0.282. The molecular weight excluding hydrogens is 502 g/mol. The molecule has 4 heterocycles. The minimum Gasteiger partial charge on any atom is -0.434 e. The number of benzene rings is 1. The first-order valence-corrected chi connectivity index (χ1v) is 11.7. The molecule has 190 valence electrons. The molecule has 1 fully saturated rings. The van der Waals surface area contributed by atoms with Crippen molar-refractivity contribution in [2.45, 2.75) is 31.5 Å². The molecule has 0 amide bonds. The minimum atomic E-state index is -3.19. The first kappa shape index (κ1) is 24.4. The van der Waals surface area contributed by atoms with Crippen LogP contribution in [-0.4, -0.2) is 57.5 Å². The number of aromatic amines is 2. The number of H-pyrrole nitrogens is 2. The molecule has 1 aromatic carbocycles. The lowest BCUT2D eigenvalue weighted by molar-refractivity contribution is -0.0506. The van der Waals surface area contributed by atoms with Crippen LogP contribution in [0.3, 0.4) is 0 Å². The Kier molecular flexibility index (Phi) is 6.76. The van der Waals surface area contributed by atoms with Gasteiger partial charge in [0.25, 0.3) is 0 Å². The van der Waals surface area contributed by atoms with Gasteiger partial charge < -0.3 is 24.7 Å². The summed E-state index contributed by atoms with van der Waals surface area (Å²) in [7, 11) is 0. The van der Waals surface area contributed by atoms with Crippen LogP contribution in [0.15, 0.2) is 36.8 Å². The normalized spacial score (nSPS) is 15.7. The van der Waals surface area contributed by atoms with Crippen LogP contribution in [0.25, 0.3) is 22.3 Å². The topological polar surface area (TPSA) is 90.1 Å². The van der Waals surface area contributed by atoms with Gasteiger partial charge in [-0.15, -0.1) is 0 Å². The summed E-state index contributed by atoms with van der Waals surface area (Å²) in [5, 5.41) is 9.76. The second kappa shape index (κ2) is 9.98. The van der Waals surface area contributed by atoms with Crippen LogP contribution >= 0.6 is 11.6 Å². The van der Waals surface area contributed by atoms with Crippen molar-refractivity contribution in [3.8, 4) is 17.0 Å². The van der Waals surface area contributed by atoms with Crippen molar-refractivity contribution in [3.63, 3.8) is 0 Å². The van der Waals surface area contributed by atoms with Crippen LogP contribution in [0, 0.1) is 5.82 Å². The van der Waals surface area contributed by atoms with E-state index in [-0.39, 0.29) is 11.7 Å². The lowest BCUT2D eigenvalue weighted by atomic mass is 9.91. The maximum Gasteiger partial charge on any atom is 0.387 e. The third-order valence-corrected chi connectivity index (χ3v) is 6.77. The van der Waals surface area contributed by atoms with Crippen LogP contribution in [0.4, 0.5) is 23.5 Å². The molecule has 1 aliphatic heterocycles. The van der Waals surface area contributed by atoms with E-state index in [2.05, 4.69) is 24.7 Å². The number of anilines is 1. The Labute approximate surface area is 208 Å². The van der Waals surface area contributed by atoms with Crippen molar-refractivity contribution in [2.75, 3.05) is 24.7 Å². The van der Waals surface area contributed by atoms with E-state index in [9.17, 15) is 22.7 Å². The van der Waals surface area contributed by atoms with E-state index in [1.165, 1.54) is 6.20 Å². The molecule has 12 heteroatoms. The van der Waals surface area contributed by atoms with Gasteiger partial charge in [-0.25, -0.2) is 14.4 Å². The Morgan fingerprint density at radius 2 is 1.97 bits per heavy atom. The van der Waals surface area contributed by atoms with Crippen LogP contribution in [0.2, 0.25) is 5.02 Å². The zero-order valence-electron chi connectivity index (χ0n) is 18.8. The van der Waals surface area contributed by atoms with E-state index >= 15 is 0 Å². The lowest BCUT2D eigenvalue weighted by Gasteiger charge is -2.29. The average Bonchev–Trinajstić information content (AvgIpc) is 3.51. The number of aliphatic hydroxyl groups is 1. The van der Waals surface area contributed by atoms with Gasteiger partial charge in [-0.05, 0) is 36.6 Å². The van der Waals surface area contributed by atoms with Gasteiger partial charge in [-0.1, -0.05) is 11.6 Å². The number of aromatic nitrogens is 4. The van der Waals surface area contributed by atoms with Crippen LogP contribution < -0.4 is 9.64 Å². The summed E-state index contributed by atoms with van der Waals surface area (Å²) in [6, 6.07) is 3.66. The number of pyridine rings is 1. The molecule has 5 rings (SSSR count). The third-order valence-electron chi connectivity index (χ3n) is 6.39. The SMILES string of the molecule is OC1CCN(c2ncc(-c3cnc4[nH]cc([C@@H](CF)c5c(OC(F)F)ccc(F)c5Cl)c4c3)[nH]2)CC1. The molecule has 1 aliphatic rings.